The van der Waals surface area contributed by atoms with E-state index in [4.69, 9.17) is 0 Å². The van der Waals surface area contributed by atoms with Gasteiger partial charge in [-0.3, -0.25) is 0 Å². The lowest BCUT2D eigenvalue weighted by Gasteiger charge is -2.48. The number of nitrogens with zero attached hydrogens (tertiary/aromatic N) is 3. The van der Waals surface area contributed by atoms with Crippen molar-refractivity contribution in [2.75, 3.05) is 14.7 Å². The van der Waals surface area contributed by atoms with Crippen molar-refractivity contribution in [3.63, 3.8) is 0 Å². The molecule has 0 saturated carbocycles. The highest BCUT2D eigenvalue weighted by atomic mass is 15.5. The van der Waals surface area contributed by atoms with Gasteiger partial charge in [0, 0.05) is 34.1 Å². The van der Waals surface area contributed by atoms with Crippen molar-refractivity contribution in [1.29, 1.82) is 0 Å². The highest BCUT2D eigenvalue weighted by molar-refractivity contribution is 5.78. The van der Waals surface area contributed by atoms with Crippen LogP contribution in [0, 0.1) is 41.5 Å². The van der Waals surface area contributed by atoms with E-state index in [1.807, 2.05) is 0 Å². The van der Waals surface area contributed by atoms with Gasteiger partial charge in [0.25, 0.3) is 0 Å². The van der Waals surface area contributed by atoms with Crippen molar-refractivity contribution in [2.24, 2.45) is 0 Å². The Labute approximate surface area is 275 Å². The van der Waals surface area contributed by atoms with Crippen LogP contribution >= 0.6 is 0 Å². The molecule has 6 rings (SSSR count). The lowest BCUT2D eigenvalue weighted by atomic mass is 10.1. The lowest BCUT2D eigenvalue weighted by Crippen LogP contribution is -2.54. The number of rotatable bonds is 9. The zero-order valence-corrected chi connectivity index (χ0v) is 27.8. The summed E-state index contributed by atoms with van der Waals surface area (Å²) in [5, 5.41) is 0. The molecule has 0 aliphatic heterocycles. The summed E-state index contributed by atoms with van der Waals surface area (Å²) in [7, 11) is 0. The standard InChI is InChI=1S/C43H43N3/c1-31-7-19-37(20-8-31)44(38-21-9-32(2)10-22-38)43(45(39-23-11-33(3)12-24-39)40-25-13-34(4)14-26-40)46(41-27-15-35(5)16-28-41)42-29-17-36(6)18-30-42/h7-30,43H,1-6H3. The van der Waals surface area contributed by atoms with E-state index in [-0.39, 0.29) is 6.29 Å². The number of hydrogen-bond donors (Lipinski definition) is 0. The van der Waals surface area contributed by atoms with Crippen molar-refractivity contribution < 1.29 is 0 Å². The first kappa shape index (κ1) is 30.7. The van der Waals surface area contributed by atoms with Crippen LogP contribution in [0.25, 0.3) is 0 Å². The first-order valence-corrected chi connectivity index (χ1v) is 16.0. The van der Waals surface area contributed by atoms with Crippen LogP contribution in [0.4, 0.5) is 34.1 Å². The summed E-state index contributed by atoms with van der Waals surface area (Å²) >= 11 is 0. The Kier molecular flexibility index (Phi) is 8.94. The van der Waals surface area contributed by atoms with Gasteiger partial charge in [0.05, 0.1) is 0 Å². The summed E-state index contributed by atoms with van der Waals surface area (Å²) in [5.74, 6) is 0. The maximum absolute atomic E-state index is 2.47. The Morgan fingerprint density at radius 2 is 0.370 bits per heavy atom. The van der Waals surface area contributed by atoms with Gasteiger partial charge in [-0.05, 0) is 114 Å². The van der Waals surface area contributed by atoms with Crippen molar-refractivity contribution in [3.05, 3.63) is 179 Å². The normalized spacial score (nSPS) is 11.0. The minimum atomic E-state index is -0.346. The molecule has 0 bridgehead atoms. The second kappa shape index (κ2) is 13.4. The molecule has 0 atom stereocenters. The predicted molar refractivity (Wildman–Crippen MR) is 197 cm³/mol. The fourth-order valence-electron chi connectivity index (χ4n) is 5.83. The highest BCUT2D eigenvalue weighted by Crippen LogP contribution is 2.42. The zero-order chi connectivity index (χ0) is 32.2. The molecule has 0 amide bonds. The molecule has 6 aromatic carbocycles. The average molecular weight is 602 g/mol. The summed E-state index contributed by atoms with van der Waals surface area (Å²) in [6.07, 6.45) is -0.346. The van der Waals surface area contributed by atoms with Gasteiger partial charge in [0.1, 0.15) is 0 Å². The summed E-state index contributed by atoms with van der Waals surface area (Å²) in [6, 6.07) is 53.4. The molecular formula is C43H43N3. The SMILES string of the molecule is Cc1ccc(N(c2ccc(C)cc2)C(N(c2ccc(C)cc2)c2ccc(C)cc2)N(c2ccc(C)cc2)c2ccc(C)cc2)cc1. The Morgan fingerprint density at radius 1 is 0.239 bits per heavy atom. The van der Waals surface area contributed by atoms with Crippen LogP contribution in [0.15, 0.2) is 146 Å². The van der Waals surface area contributed by atoms with Crippen molar-refractivity contribution >= 4 is 34.1 Å². The Bertz CT molecular complexity index is 1490. The van der Waals surface area contributed by atoms with Gasteiger partial charge in [-0.1, -0.05) is 106 Å². The zero-order valence-electron chi connectivity index (χ0n) is 27.8. The van der Waals surface area contributed by atoms with Crippen molar-refractivity contribution in [2.45, 2.75) is 47.8 Å². The van der Waals surface area contributed by atoms with Gasteiger partial charge < -0.3 is 14.7 Å². The van der Waals surface area contributed by atoms with Gasteiger partial charge in [0.15, 0.2) is 6.29 Å². The molecule has 0 aromatic heterocycles. The predicted octanol–water partition coefficient (Wildman–Crippen LogP) is 11.6. The quantitative estimate of drug-likeness (QED) is 0.153. The van der Waals surface area contributed by atoms with Gasteiger partial charge >= 0.3 is 0 Å². The van der Waals surface area contributed by atoms with Crippen LogP contribution in [-0.2, 0) is 0 Å². The number of hydrogen-bond acceptors (Lipinski definition) is 3. The van der Waals surface area contributed by atoms with E-state index < -0.39 is 0 Å². The summed E-state index contributed by atoms with van der Waals surface area (Å²) in [6.45, 7) is 12.9. The number of aryl methyl sites for hydroxylation is 6. The first-order chi connectivity index (χ1) is 22.3. The third-order valence-electron chi connectivity index (χ3n) is 8.57. The summed E-state index contributed by atoms with van der Waals surface area (Å²) < 4.78 is 0. The van der Waals surface area contributed by atoms with E-state index in [0.29, 0.717) is 0 Å². The monoisotopic (exact) mass is 601 g/mol. The van der Waals surface area contributed by atoms with Gasteiger partial charge in [-0.25, -0.2) is 0 Å². The molecule has 0 aliphatic carbocycles. The van der Waals surface area contributed by atoms with Crippen LogP contribution in [0.1, 0.15) is 33.4 Å². The fraction of sp³-hybridized carbons (Fsp3) is 0.163. The second-order valence-corrected chi connectivity index (χ2v) is 12.5. The van der Waals surface area contributed by atoms with Crippen molar-refractivity contribution in [3.8, 4) is 0 Å². The molecule has 0 spiro atoms. The molecule has 46 heavy (non-hydrogen) atoms. The largest absolute Gasteiger partial charge is 0.303 e. The maximum Gasteiger partial charge on any atom is 0.194 e. The van der Waals surface area contributed by atoms with Gasteiger partial charge in [0.2, 0.25) is 0 Å². The van der Waals surface area contributed by atoms with E-state index >= 15 is 0 Å². The molecule has 0 saturated heterocycles. The van der Waals surface area contributed by atoms with Crippen LogP contribution in [0.5, 0.6) is 0 Å². The second-order valence-electron chi connectivity index (χ2n) is 12.5. The molecule has 0 fully saturated rings. The Hall–Kier alpha value is -5.28. The fourth-order valence-corrected chi connectivity index (χ4v) is 5.83. The highest BCUT2D eigenvalue weighted by Gasteiger charge is 2.35. The van der Waals surface area contributed by atoms with E-state index in [2.05, 4.69) is 202 Å². The van der Waals surface area contributed by atoms with E-state index in [1.54, 1.807) is 0 Å². The number of anilines is 6. The van der Waals surface area contributed by atoms with Gasteiger partial charge in [-0.2, -0.15) is 0 Å². The minimum absolute atomic E-state index is 0.346. The van der Waals surface area contributed by atoms with Crippen LogP contribution in [0.2, 0.25) is 0 Å². The average Bonchev–Trinajstić information content (AvgIpc) is 3.06. The van der Waals surface area contributed by atoms with Crippen LogP contribution in [0.3, 0.4) is 0 Å². The summed E-state index contributed by atoms with van der Waals surface area (Å²) in [4.78, 5) is 7.41. The molecule has 3 nitrogen and oxygen atoms in total. The molecule has 0 N–H and O–H groups in total. The van der Waals surface area contributed by atoms with E-state index in [0.717, 1.165) is 34.1 Å². The molecule has 230 valence electrons. The number of benzene rings is 6. The third kappa shape index (κ3) is 6.69. The molecule has 0 radical (unpaired) electrons. The minimum Gasteiger partial charge on any atom is -0.303 e. The lowest BCUT2D eigenvalue weighted by molar-refractivity contribution is 0.665. The first-order valence-electron chi connectivity index (χ1n) is 16.0. The maximum atomic E-state index is 2.47. The molecule has 0 unspecified atom stereocenters. The molecule has 6 aromatic rings. The summed E-state index contributed by atoms with van der Waals surface area (Å²) in [5.41, 5.74) is 14.0. The molecule has 0 aliphatic rings. The van der Waals surface area contributed by atoms with Crippen LogP contribution < -0.4 is 14.7 Å². The molecule has 0 heterocycles. The smallest absolute Gasteiger partial charge is 0.194 e. The van der Waals surface area contributed by atoms with Crippen LogP contribution in [-0.4, -0.2) is 6.29 Å². The Balaban J connectivity index is 1.72. The Morgan fingerprint density at radius 3 is 0.500 bits per heavy atom. The third-order valence-corrected chi connectivity index (χ3v) is 8.57. The topological polar surface area (TPSA) is 9.72 Å². The van der Waals surface area contributed by atoms with E-state index in [1.165, 1.54) is 33.4 Å². The van der Waals surface area contributed by atoms with Crippen molar-refractivity contribution in [1.82, 2.24) is 0 Å². The van der Waals surface area contributed by atoms with E-state index in [9.17, 15) is 0 Å². The van der Waals surface area contributed by atoms with Gasteiger partial charge in [-0.15, -0.1) is 0 Å². The molecule has 3 heteroatoms. The molecular weight excluding hydrogens is 558 g/mol.